The Morgan fingerprint density at radius 3 is 0.831 bits per heavy atom. The van der Waals surface area contributed by atoms with Crippen LogP contribution >= 0.6 is 0 Å². The number of hydrogen-bond acceptors (Lipinski definition) is 6. The van der Waals surface area contributed by atoms with Gasteiger partial charge in [0.05, 0.1) is 0 Å². The smallest absolute Gasteiger partial charge is 0.306 e. The Labute approximate surface area is 472 Å². The van der Waals surface area contributed by atoms with Crippen molar-refractivity contribution in [1.29, 1.82) is 0 Å². The largest absolute Gasteiger partial charge is 0.462 e. The topological polar surface area (TPSA) is 78.9 Å². The molecule has 0 rings (SSSR count). The van der Waals surface area contributed by atoms with Gasteiger partial charge in [-0.1, -0.05) is 262 Å². The number of allylic oxidation sites excluding steroid dienone is 28. The molecular weight excluding hydrogens is 949 g/mol. The molecule has 0 spiro atoms. The second kappa shape index (κ2) is 63.3. The maximum Gasteiger partial charge on any atom is 0.306 e. The first kappa shape index (κ1) is 71.8. The van der Waals surface area contributed by atoms with Gasteiger partial charge in [0.2, 0.25) is 0 Å². The summed E-state index contributed by atoms with van der Waals surface area (Å²) in [7, 11) is 0. The Balaban J connectivity index is 4.52. The molecule has 1 atom stereocenters. The first-order valence-electron chi connectivity index (χ1n) is 30.6. The molecule has 0 saturated carbocycles. The monoisotopic (exact) mass is 1060 g/mol. The van der Waals surface area contributed by atoms with Gasteiger partial charge in [0.15, 0.2) is 6.10 Å². The van der Waals surface area contributed by atoms with Gasteiger partial charge in [-0.15, -0.1) is 0 Å². The third kappa shape index (κ3) is 61.5. The first-order chi connectivity index (χ1) is 38.0. The fraction of sp³-hybridized carbons (Fsp3) is 0.563. The van der Waals surface area contributed by atoms with E-state index in [9.17, 15) is 14.4 Å². The molecule has 0 N–H and O–H groups in total. The summed E-state index contributed by atoms with van der Waals surface area (Å²) in [5, 5.41) is 0. The number of unbranched alkanes of at least 4 members (excludes halogenated alkanes) is 14. The average Bonchev–Trinajstić information content (AvgIpc) is 3.43. The normalized spacial score (nSPS) is 13.3. The van der Waals surface area contributed by atoms with Crippen molar-refractivity contribution in [3.63, 3.8) is 0 Å². The molecule has 0 saturated heterocycles. The van der Waals surface area contributed by atoms with Crippen LogP contribution in [-0.2, 0) is 28.6 Å². The Kier molecular flexibility index (Phi) is 59.0. The van der Waals surface area contributed by atoms with Crippen molar-refractivity contribution in [2.75, 3.05) is 13.2 Å². The lowest BCUT2D eigenvalue weighted by molar-refractivity contribution is -0.167. The fourth-order valence-corrected chi connectivity index (χ4v) is 7.70. The van der Waals surface area contributed by atoms with Crippen molar-refractivity contribution in [2.24, 2.45) is 0 Å². The minimum absolute atomic E-state index is 0.118. The molecule has 0 amide bonds. The van der Waals surface area contributed by atoms with E-state index in [2.05, 4.69) is 191 Å². The summed E-state index contributed by atoms with van der Waals surface area (Å²) in [4.78, 5) is 38.2. The van der Waals surface area contributed by atoms with E-state index >= 15 is 0 Å². The molecule has 0 aliphatic heterocycles. The predicted octanol–water partition coefficient (Wildman–Crippen LogP) is 21.1. The van der Waals surface area contributed by atoms with E-state index in [-0.39, 0.29) is 37.5 Å². The molecule has 0 aromatic heterocycles. The van der Waals surface area contributed by atoms with Gasteiger partial charge in [-0.3, -0.25) is 14.4 Å². The van der Waals surface area contributed by atoms with Gasteiger partial charge in [0.25, 0.3) is 0 Å². The lowest BCUT2D eigenvalue weighted by Gasteiger charge is -2.18. The molecule has 77 heavy (non-hydrogen) atoms. The van der Waals surface area contributed by atoms with Gasteiger partial charge in [0, 0.05) is 19.3 Å². The Morgan fingerprint density at radius 1 is 0.273 bits per heavy atom. The number of ether oxygens (including phenoxy) is 3. The highest BCUT2D eigenvalue weighted by Crippen LogP contribution is 2.13. The number of esters is 3. The van der Waals surface area contributed by atoms with Crippen LogP contribution in [0.5, 0.6) is 0 Å². The van der Waals surface area contributed by atoms with Gasteiger partial charge in [-0.2, -0.15) is 0 Å². The summed E-state index contributed by atoms with van der Waals surface area (Å²) >= 11 is 0. The third-order valence-corrected chi connectivity index (χ3v) is 12.2. The van der Waals surface area contributed by atoms with Gasteiger partial charge in [0.1, 0.15) is 13.2 Å². The van der Waals surface area contributed by atoms with Crippen molar-refractivity contribution in [3.8, 4) is 0 Å². The Morgan fingerprint density at radius 2 is 0.519 bits per heavy atom. The van der Waals surface area contributed by atoms with Crippen molar-refractivity contribution >= 4 is 17.9 Å². The van der Waals surface area contributed by atoms with E-state index < -0.39 is 6.10 Å². The summed E-state index contributed by atoms with van der Waals surface area (Å²) in [6, 6.07) is 0. The maximum atomic E-state index is 12.9. The van der Waals surface area contributed by atoms with Crippen molar-refractivity contribution in [2.45, 2.75) is 245 Å². The fourth-order valence-electron chi connectivity index (χ4n) is 7.70. The number of carbonyl (C=O) groups is 3. The van der Waals surface area contributed by atoms with E-state index in [1.165, 1.54) is 51.4 Å². The number of carbonyl (C=O) groups excluding carboxylic acids is 3. The molecule has 0 heterocycles. The van der Waals surface area contributed by atoms with Crippen LogP contribution in [0.15, 0.2) is 170 Å². The summed E-state index contributed by atoms with van der Waals surface area (Å²) in [6.07, 6.45) is 93.6. The molecular formula is C71H110O6. The van der Waals surface area contributed by atoms with Crippen LogP contribution in [0, 0.1) is 0 Å². The van der Waals surface area contributed by atoms with Gasteiger partial charge < -0.3 is 14.2 Å². The molecule has 0 fully saturated rings. The second-order valence-electron chi connectivity index (χ2n) is 19.5. The molecule has 6 heteroatoms. The molecule has 0 bridgehead atoms. The highest BCUT2D eigenvalue weighted by Gasteiger charge is 2.19. The zero-order chi connectivity index (χ0) is 55.7. The molecule has 430 valence electrons. The first-order valence-corrected chi connectivity index (χ1v) is 30.6. The van der Waals surface area contributed by atoms with Gasteiger partial charge in [-0.05, 0) is 128 Å². The molecule has 0 aliphatic rings. The van der Waals surface area contributed by atoms with Gasteiger partial charge in [-0.25, -0.2) is 0 Å². The molecule has 6 nitrogen and oxygen atoms in total. The highest BCUT2D eigenvalue weighted by atomic mass is 16.6. The number of hydrogen-bond donors (Lipinski definition) is 0. The van der Waals surface area contributed by atoms with Crippen LogP contribution in [-0.4, -0.2) is 37.2 Å². The highest BCUT2D eigenvalue weighted by molar-refractivity contribution is 5.71. The average molecular weight is 1060 g/mol. The summed E-state index contributed by atoms with van der Waals surface area (Å²) in [6.45, 7) is 6.31. The minimum Gasteiger partial charge on any atom is -0.462 e. The third-order valence-electron chi connectivity index (χ3n) is 12.2. The minimum atomic E-state index is -0.831. The standard InChI is InChI=1S/C71H110O6/c1-4-7-10-13-16-19-22-24-26-28-30-32-34-35-37-38-40-42-44-46-49-52-55-58-61-64-70(73)76-67-68(66-75-69(72)63-60-57-54-51-48-21-18-15-12-9-6-3)77-71(74)65-62-59-56-53-50-47-45-43-41-39-36-33-31-29-27-25-23-20-17-14-11-8-5-2/h7-8,10-11,16-17,19-20,24-27,30-33,35,37,39-42,45-47,49,53,56,68H,4-6,9,12-15,18,21-23,28-29,34,36,38,43-44,48,50-52,54-55,57-67H2,1-3H3/b10-7-,11-8-,19-16-,20-17-,26-24-,27-25-,32-30-,33-31-,37-35-,41-39-,42-40-,47-45-,49-46-,56-53-. The van der Waals surface area contributed by atoms with Crippen LogP contribution in [0.25, 0.3) is 0 Å². The summed E-state index contributed by atoms with van der Waals surface area (Å²) in [5.74, 6) is -1.02. The van der Waals surface area contributed by atoms with E-state index in [1.54, 1.807) is 0 Å². The lowest BCUT2D eigenvalue weighted by atomic mass is 10.1. The van der Waals surface area contributed by atoms with Crippen LogP contribution in [0.2, 0.25) is 0 Å². The molecule has 1 unspecified atom stereocenters. The van der Waals surface area contributed by atoms with Crippen molar-refractivity contribution in [1.82, 2.24) is 0 Å². The zero-order valence-electron chi connectivity index (χ0n) is 49.1. The summed E-state index contributed by atoms with van der Waals surface area (Å²) < 4.78 is 16.8. The maximum absolute atomic E-state index is 12.9. The van der Waals surface area contributed by atoms with Crippen LogP contribution < -0.4 is 0 Å². The van der Waals surface area contributed by atoms with Crippen LogP contribution in [0.4, 0.5) is 0 Å². The van der Waals surface area contributed by atoms with E-state index in [4.69, 9.17) is 14.2 Å². The molecule has 0 aromatic rings. The van der Waals surface area contributed by atoms with Gasteiger partial charge >= 0.3 is 17.9 Å². The predicted molar refractivity (Wildman–Crippen MR) is 334 cm³/mol. The SMILES string of the molecule is CC/C=C\C/C=C\C/C=C\C/C=C\C/C=C\C/C=C\C/C=C\CCCCCC(=O)OCC(COC(=O)CCCCCCCCCCCCC)OC(=O)CCC/C=C\C/C=C\C/C=C\C/C=C\C/C=C\C/C=C\C/C=C\CC. The van der Waals surface area contributed by atoms with Crippen LogP contribution in [0.1, 0.15) is 239 Å². The Hall–Kier alpha value is -5.23. The quantitative estimate of drug-likeness (QED) is 0.0261. The molecule has 0 aliphatic carbocycles. The van der Waals surface area contributed by atoms with E-state index in [0.29, 0.717) is 19.3 Å². The lowest BCUT2D eigenvalue weighted by Crippen LogP contribution is -2.30. The summed E-state index contributed by atoms with van der Waals surface area (Å²) in [5.41, 5.74) is 0. The Bertz CT molecular complexity index is 1790. The van der Waals surface area contributed by atoms with E-state index in [1.807, 2.05) is 0 Å². The second-order valence-corrected chi connectivity index (χ2v) is 19.5. The number of rotatable bonds is 53. The van der Waals surface area contributed by atoms with E-state index in [0.717, 1.165) is 141 Å². The molecule has 0 aromatic carbocycles. The van der Waals surface area contributed by atoms with Crippen LogP contribution in [0.3, 0.4) is 0 Å². The molecule has 0 radical (unpaired) electrons. The van der Waals surface area contributed by atoms with Crippen molar-refractivity contribution < 1.29 is 28.6 Å². The van der Waals surface area contributed by atoms with Crippen molar-refractivity contribution in [3.05, 3.63) is 170 Å². The zero-order valence-corrected chi connectivity index (χ0v) is 49.1.